The topological polar surface area (TPSA) is 43.8 Å². The minimum Gasteiger partial charge on any atom is -0.320 e. The van der Waals surface area contributed by atoms with Gasteiger partial charge in [-0.15, -0.1) is 0 Å². The maximum absolute atomic E-state index is 6.19. The number of rotatable bonds is 2. The molecular weight excluding hydrogens is 289 g/mol. The maximum atomic E-state index is 6.19. The van der Waals surface area contributed by atoms with Gasteiger partial charge in [0.2, 0.25) is 0 Å². The van der Waals surface area contributed by atoms with Gasteiger partial charge in [-0.1, -0.05) is 23.7 Å². The fourth-order valence-electron chi connectivity index (χ4n) is 1.54. The molecule has 0 spiro atoms. The molecule has 3 nitrogen and oxygen atoms in total. The van der Waals surface area contributed by atoms with Gasteiger partial charge in [0.25, 0.3) is 0 Å². The average molecular weight is 301 g/mol. The minimum absolute atomic E-state index is 0.251. The molecule has 16 heavy (non-hydrogen) atoms. The smallest absolute Gasteiger partial charge is 0.0599 e. The predicted octanol–water partition coefficient (Wildman–Crippen LogP) is 2.88. The Morgan fingerprint density at radius 1 is 1.50 bits per heavy atom. The lowest BCUT2D eigenvalue weighted by atomic mass is 10.0. The Morgan fingerprint density at radius 3 is 2.88 bits per heavy atom. The third-order valence-electron chi connectivity index (χ3n) is 2.40. The summed E-state index contributed by atoms with van der Waals surface area (Å²) in [5.41, 5.74) is 7.98. The van der Waals surface area contributed by atoms with Gasteiger partial charge in [0.05, 0.1) is 17.3 Å². The first kappa shape index (κ1) is 11.6. The van der Waals surface area contributed by atoms with E-state index in [-0.39, 0.29) is 6.04 Å². The van der Waals surface area contributed by atoms with Crippen LogP contribution in [0.2, 0.25) is 5.02 Å². The van der Waals surface area contributed by atoms with Gasteiger partial charge in [0.15, 0.2) is 0 Å². The molecule has 1 aromatic heterocycles. The average Bonchev–Trinajstić information content (AvgIpc) is 2.68. The van der Waals surface area contributed by atoms with E-state index in [1.807, 2.05) is 31.4 Å². The molecule has 0 radical (unpaired) electrons. The molecule has 0 saturated carbocycles. The molecule has 0 aliphatic heterocycles. The predicted molar refractivity (Wildman–Crippen MR) is 68.4 cm³/mol. The summed E-state index contributed by atoms with van der Waals surface area (Å²) < 4.78 is 2.58. The summed E-state index contributed by atoms with van der Waals surface area (Å²) in [4.78, 5) is 0. The normalized spacial score (nSPS) is 12.8. The first-order valence-corrected chi connectivity index (χ1v) is 5.94. The van der Waals surface area contributed by atoms with E-state index in [1.165, 1.54) is 0 Å². The van der Waals surface area contributed by atoms with Crippen molar-refractivity contribution in [2.24, 2.45) is 12.8 Å². The van der Waals surface area contributed by atoms with Crippen LogP contribution in [0.3, 0.4) is 0 Å². The van der Waals surface area contributed by atoms with Crippen molar-refractivity contribution in [2.45, 2.75) is 6.04 Å². The molecule has 5 heteroatoms. The summed E-state index contributed by atoms with van der Waals surface area (Å²) in [5, 5.41) is 4.75. The highest BCUT2D eigenvalue weighted by Crippen LogP contribution is 2.31. The van der Waals surface area contributed by atoms with E-state index >= 15 is 0 Å². The Labute approximate surface area is 107 Å². The first-order valence-electron chi connectivity index (χ1n) is 4.77. The fourth-order valence-corrected chi connectivity index (χ4v) is 2.17. The second-order valence-electron chi connectivity index (χ2n) is 3.57. The lowest BCUT2D eigenvalue weighted by Gasteiger charge is -2.12. The number of aromatic nitrogens is 2. The zero-order valence-electron chi connectivity index (χ0n) is 8.69. The largest absolute Gasteiger partial charge is 0.320 e. The molecule has 2 N–H and O–H groups in total. The fraction of sp³-hybridized carbons (Fsp3) is 0.182. The van der Waals surface area contributed by atoms with Crippen molar-refractivity contribution in [2.75, 3.05) is 0 Å². The third-order valence-corrected chi connectivity index (χ3v) is 3.71. The van der Waals surface area contributed by atoms with Crippen molar-refractivity contribution in [1.82, 2.24) is 9.78 Å². The van der Waals surface area contributed by atoms with Crippen LogP contribution in [0.15, 0.2) is 35.1 Å². The summed E-state index contributed by atoms with van der Waals surface area (Å²) in [7, 11) is 1.86. The van der Waals surface area contributed by atoms with Gasteiger partial charge in [-0.2, -0.15) is 5.10 Å². The van der Waals surface area contributed by atoms with E-state index in [1.54, 1.807) is 10.9 Å². The quantitative estimate of drug-likeness (QED) is 0.927. The molecule has 0 bridgehead atoms. The van der Waals surface area contributed by atoms with Gasteiger partial charge in [-0.05, 0) is 27.6 Å². The van der Waals surface area contributed by atoms with Gasteiger partial charge >= 0.3 is 0 Å². The van der Waals surface area contributed by atoms with Crippen LogP contribution in [0.5, 0.6) is 0 Å². The van der Waals surface area contributed by atoms with Crippen LogP contribution in [-0.2, 0) is 7.05 Å². The molecule has 0 aliphatic rings. The molecule has 1 heterocycles. The number of hydrogen-bond acceptors (Lipinski definition) is 2. The van der Waals surface area contributed by atoms with Crippen LogP contribution in [-0.4, -0.2) is 9.78 Å². The Kier molecular flexibility index (Phi) is 3.33. The number of nitrogens with zero attached hydrogens (tertiary/aromatic N) is 2. The number of benzene rings is 1. The number of nitrogens with two attached hydrogens (primary N) is 1. The van der Waals surface area contributed by atoms with Crippen molar-refractivity contribution in [3.8, 4) is 0 Å². The lowest BCUT2D eigenvalue weighted by Crippen LogP contribution is -2.11. The van der Waals surface area contributed by atoms with Gasteiger partial charge in [0.1, 0.15) is 0 Å². The maximum Gasteiger partial charge on any atom is 0.0599 e. The van der Waals surface area contributed by atoms with Gasteiger partial charge in [0, 0.05) is 23.3 Å². The van der Waals surface area contributed by atoms with Gasteiger partial charge in [-0.3, -0.25) is 4.68 Å². The van der Waals surface area contributed by atoms with Crippen LogP contribution >= 0.6 is 27.5 Å². The van der Waals surface area contributed by atoms with Crippen molar-refractivity contribution in [3.05, 3.63) is 51.2 Å². The molecule has 1 unspecified atom stereocenters. The molecule has 1 aromatic carbocycles. The van der Waals surface area contributed by atoms with Crippen LogP contribution < -0.4 is 5.73 Å². The summed E-state index contributed by atoms with van der Waals surface area (Å²) in [6, 6.07) is 5.48. The summed E-state index contributed by atoms with van der Waals surface area (Å²) in [5.74, 6) is 0. The van der Waals surface area contributed by atoms with E-state index in [2.05, 4.69) is 21.0 Å². The van der Waals surface area contributed by atoms with Crippen molar-refractivity contribution >= 4 is 27.5 Å². The zero-order valence-corrected chi connectivity index (χ0v) is 11.0. The second kappa shape index (κ2) is 4.57. The standard InChI is InChI=1S/C11H11BrClN3/c1-16-6-7(5-15-16)11(14)8-3-2-4-9(12)10(8)13/h2-6,11H,14H2,1H3. The van der Waals surface area contributed by atoms with Crippen molar-refractivity contribution in [3.63, 3.8) is 0 Å². The Morgan fingerprint density at radius 2 is 2.25 bits per heavy atom. The molecule has 84 valence electrons. The molecule has 1 atom stereocenters. The second-order valence-corrected chi connectivity index (χ2v) is 4.80. The van der Waals surface area contributed by atoms with Crippen LogP contribution in [0.4, 0.5) is 0 Å². The zero-order chi connectivity index (χ0) is 11.7. The van der Waals surface area contributed by atoms with E-state index in [0.717, 1.165) is 15.6 Å². The van der Waals surface area contributed by atoms with E-state index < -0.39 is 0 Å². The number of halogens is 2. The highest BCUT2D eigenvalue weighted by Gasteiger charge is 2.15. The van der Waals surface area contributed by atoms with Gasteiger partial charge in [-0.25, -0.2) is 0 Å². The summed E-state index contributed by atoms with van der Waals surface area (Å²) >= 11 is 9.57. The minimum atomic E-state index is -0.251. The Bertz CT molecular complexity index is 510. The molecule has 0 saturated heterocycles. The van der Waals surface area contributed by atoms with Gasteiger partial charge < -0.3 is 5.73 Å². The van der Waals surface area contributed by atoms with Crippen molar-refractivity contribution in [1.29, 1.82) is 0 Å². The number of hydrogen-bond donors (Lipinski definition) is 1. The highest BCUT2D eigenvalue weighted by molar-refractivity contribution is 9.10. The molecule has 2 aromatic rings. The molecular formula is C11H11BrClN3. The molecule has 2 rings (SSSR count). The first-order chi connectivity index (χ1) is 7.59. The van der Waals surface area contributed by atoms with Crippen molar-refractivity contribution < 1.29 is 0 Å². The monoisotopic (exact) mass is 299 g/mol. The van der Waals surface area contributed by atoms with E-state index in [0.29, 0.717) is 5.02 Å². The summed E-state index contributed by atoms with van der Waals surface area (Å²) in [6.45, 7) is 0. The number of aryl methyl sites for hydroxylation is 1. The van der Waals surface area contributed by atoms with Crippen LogP contribution in [0.1, 0.15) is 17.2 Å². The lowest BCUT2D eigenvalue weighted by molar-refractivity contribution is 0.765. The Hall–Kier alpha value is -0.840. The highest BCUT2D eigenvalue weighted by atomic mass is 79.9. The molecule has 0 amide bonds. The molecule has 0 fully saturated rings. The molecule has 0 aliphatic carbocycles. The van der Waals surface area contributed by atoms with Crippen LogP contribution in [0, 0.1) is 0 Å². The van der Waals surface area contributed by atoms with E-state index in [4.69, 9.17) is 17.3 Å². The third kappa shape index (κ3) is 2.14. The summed E-state index contributed by atoms with van der Waals surface area (Å²) in [6.07, 6.45) is 3.64. The Balaban J connectivity index is 2.41. The van der Waals surface area contributed by atoms with E-state index in [9.17, 15) is 0 Å². The van der Waals surface area contributed by atoms with Crippen LogP contribution in [0.25, 0.3) is 0 Å². The SMILES string of the molecule is Cn1cc(C(N)c2cccc(Br)c2Cl)cn1.